The minimum absolute atomic E-state index is 0.145. The first-order valence-corrected chi connectivity index (χ1v) is 14.6. The van der Waals surface area contributed by atoms with Crippen LogP contribution in [-0.2, 0) is 32.6 Å². The van der Waals surface area contributed by atoms with E-state index in [0.29, 0.717) is 22.8 Å². The van der Waals surface area contributed by atoms with Crippen LogP contribution in [0.1, 0.15) is 29.2 Å². The quantitative estimate of drug-likeness (QED) is 0.377. The largest absolute Gasteiger partial charge is 0.355 e. The maximum Gasteiger partial charge on any atom is 0.244 e. The van der Waals surface area contributed by atoms with Crippen LogP contribution in [0.3, 0.4) is 0 Å². The van der Waals surface area contributed by atoms with Gasteiger partial charge in [0.15, 0.2) is 0 Å². The predicted molar refractivity (Wildman–Crippen MR) is 153 cm³/mol. The van der Waals surface area contributed by atoms with Crippen molar-refractivity contribution in [1.29, 1.82) is 0 Å². The molecule has 202 valence electrons. The highest BCUT2D eigenvalue weighted by Crippen LogP contribution is 2.27. The number of amides is 2. The van der Waals surface area contributed by atoms with Gasteiger partial charge >= 0.3 is 0 Å². The van der Waals surface area contributed by atoms with Gasteiger partial charge in [-0.05, 0) is 55.2 Å². The van der Waals surface area contributed by atoms with Crippen molar-refractivity contribution in [3.8, 4) is 0 Å². The number of sulfonamides is 1. The minimum Gasteiger partial charge on any atom is -0.355 e. The van der Waals surface area contributed by atoms with Crippen LogP contribution in [0, 0.1) is 13.8 Å². The van der Waals surface area contributed by atoms with Crippen molar-refractivity contribution in [3.63, 3.8) is 0 Å². The van der Waals surface area contributed by atoms with E-state index >= 15 is 0 Å². The van der Waals surface area contributed by atoms with Gasteiger partial charge in [0.1, 0.15) is 12.6 Å². The molecule has 3 aromatic carbocycles. The Morgan fingerprint density at radius 3 is 2.24 bits per heavy atom. The van der Waals surface area contributed by atoms with Gasteiger partial charge in [-0.1, -0.05) is 72.3 Å². The maximum absolute atomic E-state index is 14.0. The molecule has 0 radical (unpaired) electrons. The van der Waals surface area contributed by atoms with E-state index in [9.17, 15) is 18.0 Å². The number of aryl methyl sites for hydroxylation is 2. The maximum atomic E-state index is 14.0. The van der Waals surface area contributed by atoms with E-state index in [-0.39, 0.29) is 18.9 Å². The van der Waals surface area contributed by atoms with Crippen LogP contribution in [0.5, 0.6) is 0 Å². The highest BCUT2D eigenvalue weighted by Gasteiger charge is 2.33. The molecule has 2 amide bonds. The van der Waals surface area contributed by atoms with Gasteiger partial charge in [-0.2, -0.15) is 0 Å². The summed E-state index contributed by atoms with van der Waals surface area (Å²) in [5.74, 6) is -0.798. The van der Waals surface area contributed by atoms with E-state index in [1.165, 1.54) is 11.0 Å². The van der Waals surface area contributed by atoms with E-state index in [4.69, 9.17) is 11.6 Å². The number of halogens is 1. The van der Waals surface area contributed by atoms with Crippen LogP contribution in [-0.4, -0.2) is 50.5 Å². The van der Waals surface area contributed by atoms with E-state index in [0.717, 1.165) is 27.3 Å². The molecular weight excluding hydrogens is 522 g/mol. The molecule has 0 aliphatic rings. The lowest BCUT2D eigenvalue weighted by atomic mass is 10.0. The molecule has 3 aromatic rings. The van der Waals surface area contributed by atoms with Gasteiger partial charge in [0.25, 0.3) is 0 Å². The Bertz CT molecular complexity index is 1380. The number of benzene rings is 3. The number of carbonyl (C=O) groups excluding carboxylic acids is 2. The lowest BCUT2D eigenvalue weighted by molar-refractivity contribution is -0.140. The highest BCUT2D eigenvalue weighted by molar-refractivity contribution is 7.92. The number of nitrogens with zero attached hydrogens (tertiary/aromatic N) is 2. The number of hydrogen-bond donors (Lipinski definition) is 1. The Labute approximate surface area is 230 Å². The molecule has 38 heavy (non-hydrogen) atoms. The summed E-state index contributed by atoms with van der Waals surface area (Å²) < 4.78 is 26.8. The third kappa shape index (κ3) is 7.58. The average molecular weight is 556 g/mol. The average Bonchev–Trinajstić information content (AvgIpc) is 2.87. The zero-order valence-electron chi connectivity index (χ0n) is 22.1. The van der Waals surface area contributed by atoms with Crippen LogP contribution in [0.15, 0.2) is 72.8 Å². The molecule has 0 fully saturated rings. The van der Waals surface area contributed by atoms with Crippen molar-refractivity contribution >= 4 is 39.1 Å². The van der Waals surface area contributed by atoms with Gasteiger partial charge in [0, 0.05) is 24.5 Å². The monoisotopic (exact) mass is 555 g/mol. The Morgan fingerprint density at radius 1 is 0.947 bits per heavy atom. The zero-order chi connectivity index (χ0) is 27.9. The number of carbonyl (C=O) groups is 2. The summed E-state index contributed by atoms with van der Waals surface area (Å²) in [4.78, 5) is 28.9. The Hall–Kier alpha value is -3.36. The highest BCUT2D eigenvalue weighted by atomic mass is 35.5. The van der Waals surface area contributed by atoms with Crippen LogP contribution >= 0.6 is 11.6 Å². The molecule has 0 saturated carbocycles. The molecule has 0 aliphatic carbocycles. The molecule has 7 nitrogen and oxygen atoms in total. The van der Waals surface area contributed by atoms with Gasteiger partial charge in [0.2, 0.25) is 21.8 Å². The van der Waals surface area contributed by atoms with Crippen molar-refractivity contribution in [2.24, 2.45) is 0 Å². The SMILES string of the molecule is CCNC(=O)C(Cc1ccccc1)N(Cc1ccccc1C)C(=O)CN(c1cc(Cl)ccc1C)S(C)(=O)=O. The molecule has 0 spiro atoms. The molecule has 1 N–H and O–H groups in total. The Balaban J connectivity index is 2.08. The molecular formula is C29H34ClN3O4S. The smallest absolute Gasteiger partial charge is 0.244 e. The fourth-order valence-corrected chi connectivity index (χ4v) is 5.33. The third-order valence-corrected chi connectivity index (χ3v) is 7.70. The second-order valence-corrected chi connectivity index (χ2v) is 11.6. The van der Waals surface area contributed by atoms with E-state index in [1.807, 2.05) is 68.4 Å². The summed E-state index contributed by atoms with van der Waals surface area (Å²) >= 11 is 6.18. The molecule has 9 heteroatoms. The summed E-state index contributed by atoms with van der Waals surface area (Å²) in [7, 11) is -3.86. The predicted octanol–water partition coefficient (Wildman–Crippen LogP) is 4.50. The van der Waals surface area contributed by atoms with E-state index in [1.54, 1.807) is 19.1 Å². The number of anilines is 1. The Kier molecular flexibility index (Phi) is 9.94. The van der Waals surface area contributed by atoms with Gasteiger partial charge < -0.3 is 10.2 Å². The van der Waals surface area contributed by atoms with Crippen molar-refractivity contribution < 1.29 is 18.0 Å². The van der Waals surface area contributed by atoms with Crippen LogP contribution in [0.25, 0.3) is 0 Å². The fourth-order valence-electron chi connectivity index (χ4n) is 4.26. The van der Waals surface area contributed by atoms with Gasteiger partial charge in [-0.3, -0.25) is 13.9 Å². The van der Waals surface area contributed by atoms with Crippen LogP contribution in [0.2, 0.25) is 5.02 Å². The Morgan fingerprint density at radius 2 is 1.61 bits per heavy atom. The number of nitrogens with one attached hydrogen (secondary N) is 1. The minimum atomic E-state index is -3.86. The summed E-state index contributed by atoms with van der Waals surface area (Å²) in [6, 6.07) is 21.1. The molecule has 0 aliphatic heterocycles. The standard InChI is InChI=1S/C29H34ClN3O4S/c1-5-31-29(35)27(17-23-12-7-6-8-13-23)32(19-24-14-10-9-11-21(24)2)28(34)20-33(38(4,36)37)26-18-25(30)16-15-22(26)3/h6-16,18,27H,5,17,19-20H2,1-4H3,(H,31,35). The fraction of sp³-hybridized carbons (Fsp3) is 0.310. The van der Waals surface area contributed by atoms with Crippen molar-refractivity contribution in [2.45, 2.75) is 39.8 Å². The molecule has 0 heterocycles. The molecule has 0 bridgehead atoms. The third-order valence-electron chi connectivity index (χ3n) is 6.34. The normalized spacial score (nSPS) is 12.0. The lowest BCUT2D eigenvalue weighted by Gasteiger charge is -2.34. The number of likely N-dealkylation sites (N-methyl/N-ethyl adjacent to an activating group) is 1. The summed E-state index contributed by atoms with van der Waals surface area (Å²) in [6.07, 6.45) is 1.33. The topological polar surface area (TPSA) is 86.8 Å². The van der Waals surface area contributed by atoms with E-state index in [2.05, 4.69) is 5.32 Å². The second kappa shape index (κ2) is 12.9. The first-order valence-electron chi connectivity index (χ1n) is 12.4. The first-order chi connectivity index (χ1) is 18.0. The van der Waals surface area contributed by atoms with Crippen molar-refractivity contribution in [1.82, 2.24) is 10.2 Å². The lowest BCUT2D eigenvalue weighted by Crippen LogP contribution is -2.53. The molecule has 0 saturated heterocycles. The summed E-state index contributed by atoms with van der Waals surface area (Å²) in [5.41, 5.74) is 3.69. The van der Waals surface area contributed by atoms with Gasteiger partial charge in [-0.15, -0.1) is 0 Å². The number of rotatable bonds is 11. The molecule has 3 rings (SSSR count). The van der Waals surface area contributed by atoms with Crippen LogP contribution < -0.4 is 9.62 Å². The summed E-state index contributed by atoms with van der Waals surface area (Å²) in [6.45, 7) is 5.58. The van der Waals surface area contributed by atoms with Gasteiger partial charge in [0.05, 0.1) is 11.9 Å². The van der Waals surface area contributed by atoms with Gasteiger partial charge in [-0.25, -0.2) is 8.42 Å². The molecule has 1 atom stereocenters. The van der Waals surface area contributed by atoms with Crippen molar-refractivity contribution in [3.05, 3.63) is 100 Å². The second-order valence-electron chi connectivity index (χ2n) is 9.25. The van der Waals surface area contributed by atoms with E-state index < -0.39 is 28.5 Å². The summed E-state index contributed by atoms with van der Waals surface area (Å²) in [5, 5.41) is 3.21. The first kappa shape index (κ1) is 29.2. The van der Waals surface area contributed by atoms with Crippen molar-refractivity contribution in [2.75, 3.05) is 23.7 Å². The zero-order valence-corrected chi connectivity index (χ0v) is 23.7. The number of hydrogen-bond acceptors (Lipinski definition) is 4. The molecule has 1 unspecified atom stereocenters. The molecule has 0 aromatic heterocycles. The van der Waals surface area contributed by atoms with Crippen LogP contribution in [0.4, 0.5) is 5.69 Å².